The van der Waals surface area contributed by atoms with Crippen LogP contribution >= 0.6 is 0 Å². The lowest BCUT2D eigenvalue weighted by molar-refractivity contribution is 0.928. The van der Waals surface area contributed by atoms with E-state index in [1.807, 2.05) is 12.1 Å². The molecule has 0 aliphatic carbocycles. The fourth-order valence-corrected chi connectivity index (χ4v) is 2.01. The summed E-state index contributed by atoms with van der Waals surface area (Å²) in [6, 6.07) is 12.4. The van der Waals surface area contributed by atoms with Gasteiger partial charge in [0.1, 0.15) is 0 Å². The Kier molecular flexibility index (Phi) is 1.88. The molecule has 3 nitrogen and oxygen atoms in total. The molecule has 0 saturated carbocycles. The monoisotopic (exact) mass is 197 g/mol. The lowest BCUT2D eigenvalue weighted by Crippen LogP contribution is -2.14. The standard InChI is InChI=1S/C12H11N3/c1-2-5-11-10(4-1)7-9-15(11)12-6-3-8-13-14-12/h1-6,8H,7,9H2. The van der Waals surface area contributed by atoms with Gasteiger partial charge in [0.15, 0.2) is 5.82 Å². The van der Waals surface area contributed by atoms with E-state index in [1.54, 1.807) is 6.20 Å². The van der Waals surface area contributed by atoms with Crippen LogP contribution in [-0.2, 0) is 6.42 Å². The van der Waals surface area contributed by atoms with Gasteiger partial charge in [-0.05, 0) is 30.2 Å². The second kappa shape index (κ2) is 3.35. The Labute approximate surface area is 88.4 Å². The molecule has 0 radical (unpaired) electrons. The molecule has 3 rings (SSSR count). The first-order chi connectivity index (χ1) is 7.45. The maximum absolute atomic E-state index is 4.14. The molecule has 0 unspecified atom stereocenters. The Hall–Kier alpha value is -1.90. The first kappa shape index (κ1) is 8.41. The highest BCUT2D eigenvalue weighted by Crippen LogP contribution is 2.32. The van der Waals surface area contributed by atoms with E-state index in [2.05, 4.69) is 39.4 Å². The van der Waals surface area contributed by atoms with Gasteiger partial charge in [0.2, 0.25) is 0 Å². The van der Waals surface area contributed by atoms with E-state index >= 15 is 0 Å². The molecular weight excluding hydrogens is 186 g/mol. The number of aromatic nitrogens is 2. The molecule has 0 spiro atoms. The topological polar surface area (TPSA) is 29.0 Å². The molecule has 0 amide bonds. The van der Waals surface area contributed by atoms with Crippen molar-refractivity contribution >= 4 is 11.5 Å². The molecular formula is C12H11N3. The molecule has 3 heteroatoms. The summed E-state index contributed by atoms with van der Waals surface area (Å²) in [5.74, 6) is 0.933. The largest absolute Gasteiger partial charge is 0.324 e. The smallest absolute Gasteiger partial charge is 0.155 e. The normalized spacial score (nSPS) is 14.0. The van der Waals surface area contributed by atoms with Crippen molar-refractivity contribution in [2.45, 2.75) is 6.42 Å². The van der Waals surface area contributed by atoms with Crippen LogP contribution in [0.15, 0.2) is 42.6 Å². The molecule has 2 aromatic rings. The summed E-state index contributed by atoms with van der Waals surface area (Å²) in [4.78, 5) is 2.21. The van der Waals surface area contributed by atoms with E-state index in [4.69, 9.17) is 0 Å². The molecule has 0 bridgehead atoms. The third kappa shape index (κ3) is 1.36. The molecule has 1 aromatic heterocycles. The third-order valence-electron chi connectivity index (χ3n) is 2.72. The van der Waals surface area contributed by atoms with Gasteiger partial charge in [-0.25, -0.2) is 0 Å². The molecule has 0 saturated heterocycles. The number of rotatable bonds is 1. The SMILES string of the molecule is c1cnnc(N2CCc3ccccc32)c1. The molecule has 74 valence electrons. The van der Waals surface area contributed by atoms with E-state index in [9.17, 15) is 0 Å². The molecule has 1 aromatic carbocycles. The first-order valence-corrected chi connectivity index (χ1v) is 5.08. The first-order valence-electron chi connectivity index (χ1n) is 5.08. The van der Waals surface area contributed by atoms with Crippen LogP contribution in [0.25, 0.3) is 0 Å². The number of para-hydroxylation sites is 1. The molecule has 1 aliphatic heterocycles. The molecule has 0 N–H and O–H groups in total. The Morgan fingerprint density at radius 2 is 2.00 bits per heavy atom. The third-order valence-corrected chi connectivity index (χ3v) is 2.72. The second-order valence-electron chi connectivity index (χ2n) is 3.61. The van der Waals surface area contributed by atoms with Crippen molar-refractivity contribution in [3.05, 3.63) is 48.2 Å². The van der Waals surface area contributed by atoms with E-state index in [0.29, 0.717) is 0 Å². The highest BCUT2D eigenvalue weighted by atomic mass is 15.3. The Balaban J connectivity index is 2.05. The van der Waals surface area contributed by atoms with Crippen molar-refractivity contribution in [2.24, 2.45) is 0 Å². The number of benzene rings is 1. The van der Waals surface area contributed by atoms with Gasteiger partial charge in [-0.1, -0.05) is 18.2 Å². The van der Waals surface area contributed by atoms with Crippen molar-refractivity contribution in [1.82, 2.24) is 10.2 Å². The van der Waals surface area contributed by atoms with Crippen molar-refractivity contribution in [3.63, 3.8) is 0 Å². The predicted molar refractivity (Wildman–Crippen MR) is 59.2 cm³/mol. The molecule has 0 fully saturated rings. The Morgan fingerprint density at radius 1 is 1.07 bits per heavy atom. The van der Waals surface area contributed by atoms with Gasteiger partial charge in [-0.15, -0.1) is 5.10 Å². The highest BCUT2D eigenvalue weighted by molar-refractivity contribution is 5.66. The number of nitrogens with zero attached hydrogens (tertiary/aromatic N) is 3. The van der Waals surface area contributed by atoms with E-state index in [0.717, 1.165) is 18.8 Å². The fraction of sp³-hybridized carbons (Fsp3) is 0.167. The average Bonchev–Trinajstić information content (AvgIpc) is 2.74. The van der Waals surface area contributed by atoms with Gasteiger partial charge in [-0.3, -0.25) is 0 Å². The van der Waals surface area contributed by atoms with Gasteiger partial charge in [0, 0.05) is 18.4 Å². The van der Waals surface area contributed by atoms with Crippen LogP contribution in [-0.4, -0.2) is 16.7 Å². The van der Waals surface area contributed by atoms with Crippen LogP contribution in [0.2, 0.25) is 0 Å². The van der Waals surface area contributed by atoms with E-state index in [-0.39, 0.29) is 0 Å². The zero-order chi connectivity index (χ0) is 10.1. The van der Waals surface area contributed by atoms with Crippen LogP contribution in [0.4, 0.5) is 11.5 Å². The van der Waals surface area contributed by atoms with E-state index in [1.165, 1.54) is 11.3 Å². The molecule has 15 heavy (non-hydrogen) atoms. The summed E-state index contributed by atoms with van der Waals surface area (Å²) >= 11 is 0. The molecule has 2 heterocycles. The maximum atomic E-state index is 4.14. The number of hydrogen-bond donors (Lipinski definition) is 0. The van der Waals surface area contributed by atoms with E-state index < -0.39 is 0 Å². The predicted octanol–water partition coefficient (Wildman–Crippen LogP) is 2.17. The summed E-state index contributed by atoms with van der Waals surface area (Å²) in [5, 5.41) is 8.05. The van der Waals surface area contributed by atoms with Gasteiger partial charge < -0.3 is 4.90 Å². The summed E-state index contributed by atoms with van der Waals surface area (Å²) in [6.45, 7) is 0.998. The highest BCUT2D eigenvalue weighted by Gasteiger charge is 2.20. The van der Waals surface area contributed by atoms with Gasteiger partial charge in [-0.2, -0.15) is 5.10 Å². The van der Waals surface area contributed by atoms with Crippen molar-refractivity contribution in [1.29, 1.82) is 0 Å². The Bertz CT molecular complexity index is 467. The van der Waals surface area contributed by atoms with Gasteiger partial charge >= 0.3 is 0 Å². The van der Waals surface area contributed by atoms with Crippen LogP contribution in [0.5, 0.6) is 0 Å². The van der Waals surface area contributed by atoms with Crippen molar-refractivity contribution in [3.8, 4) is 0 Å². The zero-order valence-electron chi connectivity index (χ0n) is 8.30. The number of anilines is 2. The van der Waals surface area contributed by atoms with Gasteiger partial charge in [0.05, 0.1) is 0 Å². The van der Waals surface area contributed by atoms with Crippen LogP contribution in [0, 0.1) is 0 Å². The second-order valence-corrected chi connectivity index (χ2v) is 3.61. The molecule has 1 aliphatic rings. The Morgan fingerprint density at radius 3 is 2.87 bits per heavy atom. The average molecular weight is 197 g/mol. The lowest BCUT2D eigenvalue weighted by atomic mass is 10.2. The summed E-state index contributed by atoms with van der Waals surface area (Å²) < 4.78 is 0. The zero-order valence-corrected chi connectivity index (χ0v) is 8.30. The van der Waals surface area contributed by atoms with Crippen LogP contribution in [0.1, 0.15) is 5.56 Å². The van der Waals surface area contributed by atoms with Crippen molar-refractivity contribution in [2.75, 3.05) is 11.4 Å². The number of fused-ring (bicyclic) bond motifs is 1. The maximum Gasteiger partial charge on any atom is 0.155 e. The quantitative estimate of drug-likeness (QED) is 0.701. The molecule has 0 atom stereocenters. The lowest BCUT2D eigenvalue weighted by Gasteiger charge is -2.16. The van der Waals surface area contributed by atoms with Crippen LogP contribution in [0.3, 0.4) is 0 Å². The van der Waals surface area contributed by atoms with Gasteiger partial charge in [0.25, 0.3) is 0 Å². The summed E-state index contributed by atoms with van der Waals surface area (Å²) in [6.07, 6.45) is 2.79. The van der Waals surface area contributed by atoms with Crippen molar-refractivity contribution < 1.29 is 0 Å². The minimum absolute atomic E-state index is 0.933. The fourth-order valence-electron chi connectivity index (χ4n) is 2.01. The van der Waals surface area contributed by atoms with Crippen LogP contribution < -0.4 is 4.90 Å². The number of hydrogen-bond acceptors (Lipinski definition) is 3. The minimum atomic E-state index is 0.933. The minimum Gasteiger partial charge on any atom is -0.324 e. The summed E-state index contributed by atoms with van der Waals surface area (Å²) in [5.41, 5.74) is 2.65. The summed E-state index contributed by atoms with van der Waals surface area (Å²) in [7, 11) is 0.